The maximum absolute atomic E-state index is 13.3. The summed E-state index contributed by atoms with van der Waals surface area (Å²) in [4.78, 5) is 22.5. The van der Waals surface area contributed by atoms with Gasteiger partial charge in [-0.15, -0.1) is 0 Å². The van der Waals surface area contributed by atoms with Gasteiger partial charge in [-0.3, -0.25) is 4.79 Å². The number of nitrogens with one attached hydrogen (secondary N) is 1. The van der Waals surface area contributed by atoms with Crippen LogP contribution in [0.5, 0.6) is 0 Å². The summed E-state index contributed by atoms with van der Waals surface area (Å²) in [7, 11) is 1.85. The van der Waals surface area contributed by atoms with Crippen molar-refractivity contribution in [2.24, 2.45) is 0 Å². The van der Waals surface area contributed by atoms with Gasteiger partial charge in [0, 0.05) is 25.0 Å². The number of amides is 1. The number of carbonyl (C=O) groups is 1. The monoisotopic (exact) mass is 355 g/mol. The molecule has 1 aromatic heterocycles. The highest BCUT2D eigenvalue weighted by Crippen LogP contribution is 2.29. The van der Waals surface area contributed by atoms with Gasteiger partial charge in [-0.1, -0.05) is 60.7 Å². The van der Waals surface area contributed by atoms with Crippen LogP contribution in [0.25, 0.3) is 22.2 Å². The smallest absolute Gasteiger partial charge is 0.254 e. The molecule has 1 atom stereocenters. The van der Waals surface area contributed by atoms with E-state index in [0.717, 1.165) is 11.1 Å². The number of fused-ring (bicyclic) bond motifs is 1. The van der Waals surface area contributed by atoms with E-state index in [9.17, 15) is 4.79 Å². The van der Waals surface area contributed by atoms with Gasteiger partial charge in [-0.05, 0) is 29.3 Å². The quantitative estimate of drug-likeness (QED) is 0.556. The first kappa shape index (κ1) is 17.0. The lowest BCUT2D eigenvalue weighted by Crippen LogP contribution is -2.30. The van der Waals surface area contributed by atoms with Crippen molar-refractivity contribution in [3.05, 3.63) is 90.3 Å². The molecule has 0 fully saturated rings. The SMILES string of the molecule is C[C@H](c1cccc2ccccc12)N(C)C(=O)c1ccccc1-c1ncc[nH]1. The van der Waals surface area contributed by atoms with E-state index in [2.05, 4.69) is 41.2 Å². The Balaban J connectivity index is 1.71. The van der Waals surface area contributed by atoms with Crippen LogP contribution in [0.15, 0.2) is 79.1 Å². The molecule has 1 N–H and O–H groups in total. The number of aromatic nitrogens is 2. The van der Waals surface area contributed by atoms with Crippen LogP contribution in [-0.4, -0.2) is 27.8 Å². The van der Waals surface area contributed by atoms with Crippen LogP contribution >= 0.6 is 0 Å². The third kappa shape index (κ3) is 3.10. The maximum atomic E-state index is 13.3. The van der Waals surface area contributed by atoms with Gasteiger partial charge in [0.2, 0.25) is 0 Å². The van der Waals surface area contributed by atoms with Crippen molar-refractivity contribution in [2.75, 3.05) is 7.05 Å². The van der Waals surface area contributed by atoms with E-state index in [0.29, 0.717) is 11.4 Å². The molecule has 0 saturated carbocycles. The van der Waals surface area contributed by atoms with Crippen molar-refractivity contribution in [3.63, 3.8) is 0 Å². The molecule has 0 radical (unpaired) electrons. The fourth-order valence-electron chi connectivity index (χ4n) is 3.48. The summed E-state index contributed by atoms with van der Waals surface area (Å²) in [5.41, 5.74) is 2.59. The average molecular weight is 355 g/mol. The summed E-state index contributed by atoms with van der Waals surface area (Å²) < 4.78 is 0. The van der Waals surface area contributed by atoms with E-state index < -0.39 is 0 Å². The summed E-state index contributed by atoms with van der Waals surface area (Å²) in [6.07, 6.45) is 3.46. The molecule has 0 aliphatic heterocycles. The zero-order valence-corrected chi connectivity index (χ0v) is 15.4. The highest BCUT2D eigenvalue weighted by molar-refractivity contribution is 6.00. The van der Waals surface area contributed by atoms with E-state index in [1.165, 1.54) is 10.8 Å². The normalized spacial score (nSPS) is 12.1. The first-order valence-electron chi connectivity index (χ1n) is 9.00. The molecule has 0 aliphatic rings. The molecule has 0 saturated heterocycles. The molecule has 0 unspecified atom stereocenters. The van der Waals surface area contributed by atoms with E-state index >= 15 is 0 Å². The summed E-state index contributed by atoms with van der Waals surface area (Å²) in [6, 6.07) is 22.0. The second-order valence-electron chi connectivity index (χ2n) is 6.64. The van der Waals surface area contributed by atoms with Gasteiger partial charge in [0.15, 0.2) is 0 Å². The number of aromatic amines is 1. The van der Waals surface area contributed by atoms with E-state index in [1.54, 1.807) is 17.3 Å². The van der Waals surface area contributed by atoms with Crippen LogP contribution in [-0.2, 0) is 0 Å². The lowest BCUT2D eigenvalue weighted by atomic mass is 9.98. The Morgan fingerprint density at radius 3 is 2.56 bits per heavy atom. The average Bonchev–Trinajstić information content (AvgIpc) is 3.26. The van der Waals surface area contributed by atoms with Crippen LogP contribution < -0.4 is 0 Å². The second-order valence-corrected chi connectivity index (χ2v) is 6.64. The predicted octanol–water partition coefficient (Wildman–Crippen LogP) is 5.06. The molecule has 1 amide bonds. The molecule has 0 aliphatic carbocycles. The summed E-state index contributed by atoms with van der Waals surface area (Å²) in [5.74, 6) is 0.674. The first-order chi connectivity index (χ1) is 13.2. The molecule has 27 heavy (non-hydrogen) atoms. The minimum Gasteiger partial charge on any atom is -0.345 e. The molecule has 134 valence electrons. The Bertz CT molecular complexity index is 1080. The molecular weight excluding hydrogens is 334 g/mol. The molecule has 4 aromatic rings. The van der Waals surface area contributed by atoms with Gasteiger partial charge in [0.25, 0.3) is 5.91 Å². The fraction of sp³-hybridized carbons (Fsp3) is 0.130. The zero-order chi connectivity index (χ0) is 18.8. The summed E-state index contributed by atoms with van der Waals surface area (Å²) >= 11 is 0. The van der Waals surface area contributed by atoms with Crippen molar-refractivity contribution in [3.8, 4) is 11.4 Å². The van der Waals surface area contributed by atoms with Gasteiger partial charge in [-0.25, -0.2) is 4.98 Å². The van der Waals surface area contributed by atoms with Crippen molar-refractivity contribution in [1.82, 2.24) is 14.9 Å². The number of nitrogens with zero attached hydrogens (tertiary/aromatic N) is 2. The first-order valence-corrected chi connectivity index (χ1v) is 9.00. The van der Waals surface area contributed by atoms with Gasteiger partial charge in [0.05, 0.1) is 11.6 Å². The number of hydrogen-bond acceptors (Lipinski definition) is 2. The molecule has 4 nitrogen and oxygen atoms in total. The number of imidazole rings is 1. The Kier molecular flexibility index (Phi) is 4.47. The number of H-pyrrole nitrogens is 1. The van der Waals surface area contributed by atoms with Crippen LogP contribution in [0.2, 0.25) is 0 Å². The van der Waals surface area contributed by atoms with Crippen molar-refractivity contribution < 1.29 is 4.79 Å². The molecule has 4 heteroatoms. The van der Waals surface area contributed by atoms with Crippen LogP contribution in [0.4, 0.5) is 0 Å². The van der Waals surface area contributed by atoms with Gasteiger partial charge in [-0.2, -0.15) is 0 Å². The van der Waals surface area contributed by atoms with E-state index in [4.69, 9.17) is 0 Å². The Hall–Kier alpha value is -3.40. The van der Waals surface area contributed by atoms with Crippen molar-refractivity contribution in [2.45, 2.75) is 13.0 Å². The molecular formula is C23H21N3O. The predicted molar refractivity (Wildman–Crippen MR) is 108 cm³/mol. The highest BCUT2D eigenvalue weighted by Gasteiger charge is 2.23. The number of hydrogen-bond donors (Lipinski definition) is 1. The van der Waals surface area contributed by atoms with Crippen LogP contribution in [0.3, 0.4) is 0 Å². The maximum Gasteiger partial charge on any atom is 0.254 e. The summed E-state index contributed by atoms with van der Waals surface area (Å²) in [6.45, 7) is 2.06. The second kappa shape index (κ2) is 7.08. The zero-order valence-electron chi connectivity index (χ0n) is 15.4. The van der Waals surface area contributed by atoms with Crippen LogP contribution in [0, 0.1) is 0 Å². The fourth-order valence-corrected chi connectivity index (χ4v) is 3.48. The van der Waals surface area contributed by atoms with Crippen molar-refractivity contribution >= 4 is 16.7 Å². The largest absolute Gasteiger partial charge is 0.345 e. The third-order valence-corrected chi connectivity index (χ3v) is 5.09. The Labute approximate surface area is 158 Å². The van der Waals surface area contributed by atoms with Gasteiger partial charge < -0.3 is 9.88 Å². The number of rotatable bonds is 4. The lowest BCUT2D eigenvalue weighted by Gasteiger charge is -2.27. The molecule has 1 heterocycles. The number of benzene rings is 3. The van der Waals surface area contributed by atoms with Crippen LogP contribution in [0.1, 0.15) is 28.9 Å². The van der Waals surface area contributed by atoms with Crippen molar-refractivity contribution in [1.29, 1.82) is 0 Å². The Morgan fingerprint density at radius 1 is 1.00 bits per heavy atom. The minimum absolute atomic E-state index is 0.0255. The third-order valence-electron chi connectivity index (χ3n) is 5.09. The van der Waals surface area contributed by atoms with Gasteiger partial charge in [0.1, 0.15) is 5.82 Å². The molecule has 4 rings (SSSR count). The van der Waals surface area contributed by atoms with E-state index in [-0.39, 0.29) is 11.9 Å². The van der Waals surface area contributed by atoms with Gasteiger partial charge >= 0.3 is 0 Å². The molecule has 3 aromatic carbocycles. The minimum atomic E-state index is -0.0618. The standard InChI is InChI=1S/C23H21N3O/c1-16(18-13-7-9-17-8-3-4-10-19(17)18)26(2)23(27)21-12-6-5-11-20(21)22-24-14-15-25-22/h3-16H,1-2H3,(H,24,25)/t16-/m1/s1. The number of carbonyl (C=O) groups excluding carboxylic acids is 1. The highest BCUT2D eigenvalue weighted by atomic mass is 16.2. The summed E-state index contributed by atoms with van der Waals surface area (Å²) in [5, 5.41) is 2.35. The van der Waals surface area contributed by atoms with E-state index in [1.807, 2.05) is 49.5 Å². The molecule has 0 spiro atoms. The topological polar surface area (TPSA) is 49.0 Å². The molecule has 0 bridgehead atoms. The lowest BCUT2D eigenvalue weighted by molar-refractivity contribution is 0.0744. The Morgan fingerprint density at radius 2 is 1.74 bits per heavy atom.